The Bertz CT molecular complexity index is 346. The molecule has 1 aromatic rings. The zero-order valence-corrected chi connectivity index (χ0v) is 9.29. The summed E-state index contributed by atoms with van der Waals surface area (Å²) in [6.07, 6.45) is 3.51. The summed E-state index contributed by atoms with van der Waals surface area (Å²) in [5.41, 5.74) is 0.379. The Kier molecular flexibility index (Phi) is 1.89. The highest BCUT2D eigenvalue weighted by molar-refractivity contribution is 5.14. The highest BCUT2D eigenvalue weighted by Gasteiger charge is 2.49. The first-order valence-electron chi connectivity index (χ1n) is 5.74. The van der Waals surface area contributed by atoms with Gasteiger partial charge in [0.1, 0.15) is 0 Å². The quantitative estimate of drug-likeness (QED) is 0.806. The molecule has 0 aromatic carbocycles. The van der Waals surface area contributed by atoms with Crippen LogP contribution in [-0.2, 0) is 0 Å². The predicted octanol–water partition coefficient (Wildman–Crippen LogP) is 2.01. The minimum Gasteiger partial charge on any atom is -0.338 e. The van der Waals surface area contributed by atoms with Gasteiger partial charge in [-0.1, -0.05) is 19.0 Å². The van der Waals surface area contributed by atoms with Gasteiger partial charge in [-0.3, -0.25) is 0 Å². The first-order valence-corrected chi connectivity index (χ1v) is 5.74. The van der Waals surface area contributed by atoms with E-state index in [0.717, 1.165) is 24.7 Å². The summed E-state index contributed by atoms with van der Waals surface area (Å²) < 4.78 is 5.32. The van der Waals surface area contributed by atoms with E-state index in [1.54, 1.807) is 0 Å². The lowest BCUT2D eigenvalue weighted by Crippen LogP contribution is -2.13. The number of nitrogens with zero attached hydrogens (tertiary/aromatic N) is 2. The van der Waals surface area contributed by atoms with Crippen LogP contribution in [0.3, 0.4) is 0 Å². The van der Waals surface area contributed by atoms with E-state index >= 15 is 0 Å². The van der Waals surface area contributed by atoms with Gasteiger partial charge in [-0.05, 0) is 31.2 Å². The lowest BCUT2D eigenvalue weighted by molar-refractivity contribution is 0.340. The van der Waals surface area contributed by atoms with Crippen LogP contribution in [0.4, 0.5) is 0 Å². The smallest absolute Gasteiger partial charge is 0.243 e. The molecule has 0 bridgehead atoms. The minimum atomic E-state index is 0.299. The van der Waals surface area contributed by atoms with Crippen LogP contribution in [0.25, 0.3) is 0 Å². The molecule has 2 fully saturated rings. The Morgan fingerprint density at radius 2 is 2.27 bits per heavy atom. The van der Waals surface area contributed by atoms with E-state index in [9.17, 15) is 0 Å². The molecule has 2 aliphatic rings. The normalized spacial score (nSPS) is 33.2. The molecule has 2 heterocycles. The number of hydrogen-bond donors (Lipinski definition) is 1. The van der Waals surface area contributed by atoms with Crippen molar-refractivity contribution < 1.29 is 4.52 Å². The van der Waals surface area contributed by atoms with Gasteiger partial charge in [-0.15, -0.1) is 0 Å². The molecule has 15 heavy (non-hydrogen) atoms. The van der Waals surface area contributed by atoms with E-state index in [4.69, 9.17) is 4.52 Å². The van der Waals surface area contributed by atoms with Crippen LogP contribution in [0, 0.1) is 5.41 Å². The van der Waals surface area contributed by atoms with E-state index in [1.807, 2.05) is 0 Å². The first kappa shape index (κ1) is 9.33. The molecule has 1 unspecified atom stereocenters. The largest absolute Gasteiger partial charge is 0.338 e. The summed E-state index contributed by atoms with van der Waals surface area (Å²) in [7, 11) is 0. The van der Waals surface area contributed by atoms with Crippen LogP contribution in [0.2, 0.25) is 0 Å². The van der Waals surface area contributed by atoms with Crippen LogP contribution >= 0.6 is 0 Å². The van der Waals surface area contributed by atoms with E-state index in [-0.39, 0.29) is 0 Å². The molecule has 0 amide bonds. The summed E-state index contributed by atoms with van der Waals surface area (Å²) >= 11 is 0. The molecular weight excluding hydrogens is 190 g/mol. The number of aromatic nitrogens is 2. The lowest BCUT2D eigenvalue weighted by atomic mass is 10.1. The van der Waals surface area contributed by atoms with Crippen LogP contribution in [0.1, 0.15) is 56.8 Å². The molecule has 1 aliphatic heterocycles. The minimum absolute atomic E-state index is 0.299. The highest BCUT2D eigenvalue weighted by Crippen LogP contribution is 2.57. The molecule has 1 saturated heterocycles. The monoisotopic (exact) mass is 207 g/mol. The van der Waals surface area contributed by atoms with Crippen molar-refractivity contribution >= 4 is 0 Å². The van der Waals surface area contributed by atoms with Crippen LogP contribution < -0.4 is 5.32 Å². The summed E-state index contributed by atoms with van der Waals surface area (Å²) in [5, 5.41) is 7.46. The number of nitrogens with one attached hydrogen (secondary N) is 1. The van der Waals surface area contributed by atoms with Crippen molar-refractivity contribution in [2.75, 3.05) is 6.54 Å². The maximum atomic E-state index is 5.32. The second kappa shape index (κ2) is 3.04. The van der Waals surface area contributed by atoms with Gasteiger partial charge in [0.15, 0.2) is 5.82 Å². The van der Waals surface area contributed by atoms with Crippen molar-refractivity contribution in [2.24, 2.45) is 5.41 Å². The maximum absolute atomic E-state index is 5.32. The third-order valence-corrected chi connectivity index (χ3v) is 3.64. The topological polar surface area (TPSA) is 51.0 Å². The van der Waals surface area contributed by atoms with Crippen molar-refractivity contribution in [3.63, 3.8) is 0 Å². The Hall–Kier alpha value is -0.900. The fourth-order valence-electron chi connectivity index (χ4n) is 2.33. The fourth-order valence-corrected chi connectivity index (χ4v) is 2.33. The van der Waals surface area contributed by atoms with Crippen molar-refractivity contribution in [1.82, 2.24) is 15.5 Å². The zero-order valence-electron chi connectivity index (χ0n) is 9.29. The van der Waals surface area contributed by atoms with E-state index in [0.29, 0.717) is 17.4 Å². The molecule has 82 valence electrons. The van der Waals surface area contributed by atoms with Crippen molar-refractivity contribution in [3.05, 3.63) is 11.7 Å². The molecule has 4 heteroatoms. The predicted molar refractivity (Wildman–Crippen MR) is 55.4 cm³/mol. The standard InChI is InChI=1S/C11H17N3O/c1-11(2)6-7(11)9-13-10(15-14-9)8-4-3-5-12-8/h7-8,12H,3-6H2,1-2H3/t7?,8-/m0/s1. The van der Waals surface area contributed by atoms with Gasteiger partial charge in [0.25, 0.3) is 0 Å². The third-order valence-electron chi connectivity index (χ3n) is 3.64. The molecule has 1 aromatic heterocycles. The van der Waals surface area contributed by atoms with Gasteiger partial charge in [0, 0.05) is 5.92 Å². The SMILES string of the molecule is CC1(C)CC1c1noc([C@@H]2CCCN2)n1. The molecule has 1 N–H and O–H groups in total. The molecular formula is C11H17N3O. The Morgan fingerprint density at radius 1 is 1.47 bits per heavy atom. The summed E-state index contributed by atoms with van der Waals surface area (Å²) in [6, 6.07) is 0.299. The van der Waals surface area contributed by atoms with Crippen LogP contribution in [0.15, 0.2) is 4.52 Å². The Balaban J connectivity index is 1.76. The van der Waals surface area contributed by atoms with E-state index < -0.39 is 0 Å². The fraction of sp³-hybridized carbons (Fsp3) is 0.818. The number of hydrogen-bond acceptors (Lipinski definition) is 4. The van der Waals surface area contributed by atoms with Gasteiger partial charge in [0.2, 0.25) is 5.89 Å². The maximum Gasteiger partial charge on any atom is 0.243 e. The molecule has 3 rings (SSSR count). The average Bonchev–Trinajstić information content (AvgIpc) is 2.73. The highest BCUT2D eigenvalue weighted by atomic mass is 16.5. The lowest BCUT2D eigenvalue weighted by Gasteiger charge is -2.01. The summed E-state index contributed by atoms with van der Waals surface area (Å²) in [6.45, 7) is 5.57. The van der Waals surface area contributed by atoms with Gasteiger partial charge in [-0.25, -0.2) is 0 Å². The van der Waals surface area contributed by atoms with Gasteiger partial charge < -0.3 is 9.84 Å². The Labute approximate surface area is 89.4 Å². The summed E-state index contributed by atoms with van der Waals surface area (Å²) in [5.74, 6) is 2.20. The number of rotatable bonds is 2. The van der Waals surface area contributed by atoms with E-state index in [2.05, 4.69) is 29.3 Å². The molecule has 1 saturated carbocycles. The van der Waals surface area contributed by atoms with Gasteiger partial charge in [-0.2, -0.15) is 4.98 Å². The molecule has 2 atom stereocenters. The van der Waals surface area contributed by atoms with Crippen molar-refractivity contribution in [1.29, 1.82) is 0 Å². The van der Waals surface area contributed by atoms with Gasteiger partial charge >= 0.3 is 0 Å². The van der Waals surface area contributed by atoms with Crippen LogP contribution in [0.5, 0.6) is 0 Å². The zero-order chi connectivity index (χ0) is 10.5. The van der Waals surface area contributed by atoms with Crippen molar-refractivity contribution in [2.45, 2.75) is 45.1 Å². The second-order valence-electron chi connectivity index (χ2n) is 5.39. The third kappa shape index (κ3) is 1.57. The van der Waals surface area contributed by atoms with Gasteiger partial charge in [0.05, 0.1) is 6.04 Å². The molecule has 0 radical (unpaired) electrons. The second-order valence-corrected chi connectivity index (χ2v) is 5.39. The Morgan fingerprint density at radius 3 is 2.87 bits per heavy atom. The van der Waals surface area contributed by atoms with Crippen molar-refractivity contribution in [3.8, 4) is 0 Å². The average molecular weight is 207 g/mol. The molecule has 4 nitrogen and oxygen atoms in total. The van der Waals surface area contributed by atoms with Crippen LogP contribution in [-0.4, -0.2) is 16.7 Å². The molecule has 0 spiro atoms. The molecule has 1 aliphatic carbocycles. The summed E-state index contributed by atoms with van der Waals surface area (Å²) in [4.78, 5) is 4.51. The van der Waals surface area contributed by atoms with E-state index in [1.165, 1.54) is 12.8 Å². The first-order chi connectivity index (χ1) is 7.17.